The van der Waals surface area contributed by atoms with Gasteiger partial charge >= 0.3 is 0 Å². The quantitative estimate of drug-likeness (QED) is 0.505. The first-order valence-electron chi connectivity index (χ1n) is 7.73. The van der Waals surface area contributed by atoms with E-state index in [0.29, 0.717) is 12.2 Å². The Labute approximate surface area is 139 Å². The molecule has 3 nitrogen and oxygen atoms in total. The number of hydrogen-bond acceptors (Lipinski definition) is 2. The lowest BCUT2D eigenvalue weighted by Crippen LogP contribution is -1.96. The number of rotatable bonds is 4. The van der Waals surface area contributed by atoms with Gasteiger partial charge in [-0.1, -0.05) is 48.5 Å². The van der Waals surface area contributed by atoms with E-state index in [1.807, 2.05) is 54.6 Å². The van der Waals surface area contributed by atoms with Crippen molar-refractivity contribution in [2.75, 3.05) is 0 Å². The fourth-order valence-corrected chi connectivity index (χ4v) is 3.00. The summed E-state index contributed by atoms with van der Waals surface area (Å²) in [6.45, 7) is 0.452. The molecule has 1 heterocycles. The van der Waals surface area contributed by atoms with Gasteiger partial charge in [0.1, 0.15) is 5.75 Å². The Morgan fingerprint density at radius 2 is 1.50 bits per heavy atom. The van der Waals surface area contributed by atoms with Crippen molar-refractivity contribution < 1.29 is 9.53 Å². The van der Waals surface area contributed by atoms with Crippen LogP contribution in [0.2, 0.25) is 0 Å². The molecule has 0 bridgehead atoms. The molecule has 0 saturated carbocycles. The molecule has 4 rings (SSSR count). The van der Waals surface area contributed by atoms with Crippen LogP contribution >= 0.6 is 0 Å². The lowest BCUT2D eigenvalue weighted by Gasteiger charge is -2.11. The molecule has 0 aliphatic carbocycles. The van der Waals surface area contributed by atoms with Gasteiger partial charge in [0.05, 0.1) is 11.2 Å². The molecule has 3 heteroatoms. The number of benzene rings is 3. The Morgan fingerprint density at radius 3 is 2.21 bits per heavy atom. The van der Waals surface area contributed by atoms with Crippen molar-refractivity contribution in [1.29, 1.82) is 0 Å². The molecule has 0 saturated heterocycles. The van der Waals surface area contributed by atoms with Crippen molar-refractivity contribution >= 4 is 17.4 Å². The van der Waals surface area contributed by atoms with Gasteiger partial charge < -0.3 is 9.30 Å². The number of ether oxygens (including phenoxy) is 1. The second kappa shape index (κ2) is 6.05. The lowest BCUT2D eigenvalue weighted by molar-refractivity contribution is -0.120. The molecule has 0 amide bonds. The van der Waals surface area contributed by atoms with Crippen molar-refractivity contribution in [3.63, 3.8) is 0 Å². The van der Waals surface area contributed by atoms with Crippen molar-refractivity contribution in [3.8, 4) is 22.7 Å². The zero-order valence-electron chi connectivity index (χ0n) is 12.9. The number of aromatic nitrogens is 1. The molecule has 0 aliphatic rings. The number of nitrogens with zero attached hydrogens (tertiary/aromatic N) is 1. The van der Waals surface area contributed by atoms with Gasteiger partial charge in [0.2, 0.25) is 0 Å². The zero-order chi connectivity index (χ0) is 16.4. The molecule has 0 aliphatic heterocycles. The minimum Gasteiger partial charge on any atom is -0.429 e. The molecular weight excluding hydrogens is 298 g/mol. The van der Waals surface area contributed by atoms with Gasteiger partial charge in [0, 0.05) is 11.1 Å². The largest absolute Gasteiger partial charge is 0.429 e. The summed E-state index contributed by atoms with van der Waals surface area (Å²) in [4.78, 5) is 10.6. The molecule has 0 fully saturated rings. The maximum Gasteiger partial charge on any atom is 0.298 e. The summed E-state index contributed by atoms with van der Waals surface area (Å²) in [7, 11) is 0. The molecule has 0 N–H and O–H groups in total. The highest BCUT2D eigenvalue weighted by Crippen LogP contribution is 2.33. The van der Waals surface area contributed by atoms with E-state index in [1.165, 1.54) is 0 Å². The van der Waals surface area contributed by atoms with Crippen molar-refractivity contribution in [3.05, 3.63) is 84.9 Å². The lowest BCUT2D eigenvalue weighted by atomic mass is 10.1. The number of fused-ring (bicyclic) bond motifs is 1. The Balaban J connectivity index is 2.01. The normalized spacial score (nSPS) is 10.7. The van der Waals surface area contributed by atoms with Gasteiger partial charge in [0.15, 0.2) is 0 Å². The third kappa shape index (κ3) is 2.46. The van der Waals surface area contributed by atoms with Crippen LogP contribution in [0.1, 0.15) is 0 Å². The summed E-state index contributed by atoms with van der Waals surface area (Å²) in [6.07, 6.45) is 0. The molecule has 3 aromatic carbocycles. The average Bonchev–Trinajstić information content (AvgIpc) is 3.02. The number of para-hydroxylation sites is 1. The summed E-state index contributed by atoms with van der Waals surface area (Å²) in [5, 5.41) is 1.03. The standard InChI is InChI=1S/C21H15NO2/c23-15-24-19-11-12-20-17(13-19)14-21(16-7-3-1-4-8-16)22(20)18-9-5-2-6-10-18/h1-15H. The summed E-state index contributed by atoms with van der Waals surface area (Å²) >= 11 is 0. The Bertz CT molecular complexity index is 988. The van der Waals surface area contributed by atoms with E-state index in [-0.39, 0.29) is 0 Å². The maximum atomic E-state index is 10.6. The molecule has 0 atom stereocenters. The average molecular weight is 313 g/mol. The smallest absolute Gasteiger partial charge is 0.298 e. The molecule has 0 unspecified atom stereocenters. The molecular formula is C21H15NO2. The number of carbonyl (C=O) groups is 1. The Hall–Kier alpha value is -3.33. The fourth-order valence-electron chi connectivity index (χ4n) is 3.00. The fraction of sp³-hybridized carbons (Fsp3) is 0. The van der Waals surface area contributed by atoms with Crippen LogP contribution in [0.5, 0.6) is 5.75 Å². The predicted molar refractivity (Wildman–Crippen MR) is 95.4 cm³/mol. The van der Waals surface area contributed by atoms with E-state index in [1.54, 1.807) is 0 Å². The molecule has 24 heavy (non-hydrogen) atoms. The third-order valence-corrected chi connectivity index (χ3v) is 4.04. The highest BCUT2D eigenvalue weighted by molar-refractivity contribution is 5.90. The molecule has 0 radical (unpaired) electrons. The van der Waals surface area contributed by atoms with E-state index in [4.69, 9.17) is 4.74 Å². The highest BCUT2D eigenvalue weighted by atomic mass is 16.5. The first-order valence-corrected chi connectivity index (χ1v) is 7.73. The Kier molecular flexibility index (Phi) is 3.60. The zero-order valence-corrected chi connectivity index (χ0v) is 12.9. The van der Waals surface area contributed by atoms with E-state index < -0.39 is 0 Å². The van der Waals surface area contributed by atoms with E-state index in [0.717, 1.165) is 27.8 Å². The minimum absolute atomic E-state index is 0.452. The topological polar surface area (TPSA) is 31.2 Å². The summed E-state index contributed by atoms with van der Waals surface area (Å²) in [5.74, 6) is 0.544. The monoisotopic (exact) mass is 313 g/mol. The van der Waals surface area contributed by atoms with Gasteiger partial charge in [0.25, 0.3) is 6.47 Å². The summed E-state index contributed by atoms with van der Waals surface area (Å²) in [6, 6.07) is 28.3. The molecule has 0 spiro atoms. The van der Waals surface area contributed by atoms with Crippen LogP contribution in [-0.4, -0.2) is 11.0 Å². The van der Waals surface area contributed by atoms with Crippen molar-refractivity contribution in [2.24, 2.45) is 0 Å². The van der Waals surface area contributed by atoms with Crippen LogP contribution in [-0.2, 0) is 4.79 Å². The van der Waals surface area contributed by atoms with Crippen LogP contribution in [0.15, 0.2) is 84.9 Å². The van der Waals surface area contributed by atoms with Crippen LogP contribution in [0, 0.1) is 0 Å². The maximum absolute atomic E-state index is 10.6. The van der Waals surface area contributed by atoms with Gasteiger partial charge in [-0.2, -0.15) is 0 Å². The van der Waals surface area contributed by atoms with Crippen LogP contribution in [0.4, 0.5) is 0 Å². The molecule has 1 aromatic heterocycles. The second-order valence-corrected chi connectivity index (χ2v) is 5.50. The van der Waals surface area contributed by atoms with Gasteiger partial charge in [-0.05, 0) is 42.0 Å². The van der Waals surface area contributed by atoms with E-state index in [2.05, 4.69) is 34.9 Å². The van der Waals surface area contributed by atoms with Gasteiger partial charge in [-0.15, -0.1) is 0 Å². The first kappa shape index (κ1) is 14.3. The van der Waals surface area contributed by atoms with Crippen LogP contribution < -0.4 is 4.74 Å². The highest BCUT2D eigenvalue weighted by Gasteiger charge is 2.12. The van der Waals surface area contributed by atoms with E-state index >= 15 is 0 Å². The van der Waals surface area contributed by atoms with Crippen LogP contribution in [0.25, 0.3) is 27.8 Å². The Morgan fingerprint density at radius 1 is 0.792 bits per heavy atom. The summed E-state index contributed by atoms with van der Waals surface area (Å²) in [5.41, 5.74) is 4.39. The second-order valence-electron chi connectivity index (χ2n) is 5.50. The summed E-state index contributed by atoms with van der Waals surface area (Å²) < 4.78 is 7.20. The van der Waals surface area contributed by atoms with Crippen molar-refractivity contribution in [1.82, 2.24) is 4.57 Å². The van der Waals surface area contributed by atoms with Gasteiger partial charge in [-0.25, -0.2) is 0 Å². The number of hydrogen-bond donors (Lipinski definition) is 0. The third-order valence-electron chi connectivity index (χ3n) is 4.04. The van der Waals surface area contributed by atoms with Crippen LogP contribution in [0.3, 0.4) is 0 Å². The number of carbonyl (C=O) groups excluding carboxylic acids is 1. The minimum atomic E-state index is 0.452. The SMILES string of the molecule is O=COc1ccc2c(c1)cc(-c1ccccc1)n2-c1ccccc1. The predicted octanol–water partition coefficient (Wildman–Crippen LogP) is 4.83. The molecule has 4 aromatic rings. The van der Waals surface area contributed by atoms with Gasteiger partial charge in [-0.3, -0.25) is 4.79 Å². The first-order chi connectivity index (χ1) is 11.9. The van der Waals surface area contributed by atoms with Crippen molar-refractivity contribution in [2.45, 2.75) is 0 Å². The van der Waals surface area contributed by atoms with E-state index in [9.17, 15) is 4.79 Å². The molecule has 116 valence electrons.